The van der Waals surface area contributed by atoms with E-state index in [2.05, 4.69) is 4.98 Å². The van der Waals surface area contributed by atoms with Crippen LogP contribution >= 0.6 is 11.6 Å². The van der Waals surface area contributed by atoms with Crippen LogP contribution in [0.25, 0.3) is 0 Å². The van der Waals surface area contributed by atoms with Gasteiger partial charge in [-0.3, -0.25) is 14.7 Å². The number of aromatic nitrogens is 1. The van der Waals surface area contributed by atoms with E-state index in [0.29, 0.717) is 6.42 Å². The minimum absolute atomic E-state index is 0.0432. The lowest BCUT2D eigenvalue weighted by atomic mass is 9.91. The molecule has 11 heteroatoms. The van der Waals surface area contributed by atoms with Gasteiger partial charge in [-0.2, -0.15) is 26.3 Å². The zero-order valence-electron chi connectivity index (χ0n) is 16.0. The molecule has 168 valence electrons. The van der Waals surface area contributed by atoms with Crippen molar-refractivity contribution in [2.45, 2.75) is 43.3 Å². The first-order chi connectivity index (χ1) is 14.5. The number of nitrogens with zero attached hydrogens (tertiary/aromatic N) is 2. The number of halogens is 7. The van der Waals surface area contributed by atoms with Gasteiger partial charge in [-0.25, -0.2) is 0 Å². The number of rotatable bonds is 4. The first-order valence-corrected chi connectivity index (χ1v) is 9.74. The van der Waals surface area contributed by atoms with Gasteiger partial charge in [0.1, 0.15) is 0 Å². The van der Waals surface area contributed by atoms with Gasteiger partial charge in [-0.1, -0.05) is 36.2 Å². The number of alkyl halides is 6. The Morgan fingerprint density at radius 2 is 1.71 bits per heavy atom. The highest BCUT2D eigenvalue weighted by atomic mass is 35.5. The van der Waals surface area contributed by atoms with Crippen molar-refractivity contribution in [1.82, 2.24) is 15.2 Å². The topological polar surface area (TPSA) is 45.2 Å². The van der Waals surface area contributed by atoms with Crippen molar-refractivity contribution in [2.24, 2.45) is 0 Å². The summed E-state index contributed by atoms with van der Waals surface area (Å²) in [6.45, 7) is -0.526. The molecular weight excluding hydrogens is 448 g/mol. The average Bonchev–Trinajstić information content (AvgIpc) is 2.71. The standard InChI is InChI=1S/C20H18ClF6N3O/c21-15-8-2-1-7-14(15)17(31)29-18(19(22,23)24,20(25,26)27)30-11-4-3-9-16(30)13-6-5-10-28-12-13/h1-2,5-8,10,12,16H,3-4,9,11H2,(H,29,31)/t16-/m0/s1. The number of carbonyl (C=O) groups excluding carboxylic acids is 1. The van der Waals surface area contributed by atoms with Crippen LogP contribution in [0, 0.1) is 0 Å². The largest absolute Gasteiger partial charge is 0.434 e. The van der Waals surface area contributed by atoms with Gasteiger partial charge in [-0.15, -0.1) is 0 Å². The van der Waals surface area contributed by atoms with E-state index >= 15 is 0 Å². The molecule has 1 saturated heterocycles. The lowest BCUT2D eigenvalue weighted by molar-refractivity contribution is -0.356. The van der Waals surface area contributed by atoms with Crippen molar-refractivity contribution in [3.8, 4) is 0 Å². The number of nitrogens with one attached hydrogen (secondary N) is 1. The summed E-state index contributed by atoms with van der Waals surface area (Å²) in [5.41, 5.74) is -4.90. The number of benzene rings is 1. The SMILES string of the molecule is O=C(NC(N1CCCC[C@H]1c1cccnc1)(C(F)(F)F)C(F)(F)F)c1ccccc1Cl. The minimum Gasteiger partial charge on any atom is -0.318 e. The zero-order valence-corrected chi connectivity index (χ0v) is 16.7. The number of hydrogen-bond donors (Lipinski definition) is 1. The Balaban J connectivity index is 2.15. The van der Waals surface area contributed by atoms with E-state index in [1.54, 1.807) is 0 Å². The van der Waals surface area contributed by atoms with Crippen LogP contribution in [0.15, 0.2) is 48.8 Å². The van der Waals surface area contributed by atoms with Crippen LogP contribution in [-0.2, 0) is 0 Å². The molecule has 0 radical (unpaired) electrons. The van der Waals surface area contributed by atoms with Gasteiger partial charge in [-0.05, 0) is 36.6 Å². The molecule has 1 aromatic heterocycles. The highest BCUT2D eigenvalue weighted by Gasteiger charge is 2.76. The number of likely N-dealkylation sites (tertiary alicyclic amines) is 1. The van der Waals surface area contributed by atoms with Crippen molar-refractivity contribution in [3.63, 3.8) is 0 Å². The molecule has 1 amide bonds. The van der Waals surface area contributed by atoms with Gasteiger partial charge in [0.25, 0.3) is 11.6 Å². The number of carbonyl (C=O) groups is 1. The molecule has 0 spiro atoms. The van der Waals surface area contributed by atoms with Gasteiger partial charge in [0.05, 0.1) is 10.6 Å². The summed E-state index contributed by atoms with van der Waals surface area (Å²) >= 11 is 5.84. The van der Waals surface area contributed by atoms with E-state index in [1.807, 2.05) is 0 Å². The molecule has 1 aromatic carbocycles. The molecule has 1 fully saturated rings. The Labute approximate surface area is 179 Å². The van der Waals surface area contributed by atoms with Gasteiger partial charge < -0.3 is 5.32 Å². The van der Waals surface area contributed by atoms with Gasteiger partial charge in [0.15, 0.2) is 0 Å². The Morgan fingerprint density at radius 1 is 1.03 bits per heavy atom. The number of piperidine rings is 1. The molecular formula is C20H18ClF6N3O. The van der Waals surface area contributed by atoms with Crippen LogP contribution < -0.4 is 5.32 Å². The fourth-order valence-electron chi connectivity index (χ4n) is 3.83. The summed E-state index contributed by atoms with van der Waals surface area (Å²) in [6, 6.07) is 6.57. The van der Waals surface area contributed by atoms with Crippen LogP contribution in [0.3, 0.4) is 0 Å². The lowest BCUT2D eigenvalue weighted by Gasteiger charge is -2.50. The molecule has 2 heterocycles. The maximum Gasteiger partial charge on any atom is 0.434 e. The summed E-state index contributed by atoms with van der Waals surface area (Å²) in [7, 11) is 0. The van der Waals surface area contributed by atoms with E-state index in [9.17, 15) is 31.1 Å². The first kappa shape index (κ1) is 23.3. The van der Waals surface area contributed by atoms with Crippen molar-refractivity contribution in [2.75, 3.05) is 6.54 Å². The van der Waals surface area contributed by atoms with Crippen LogP contribution in [0.1, 0.15) is 41.2 Å². The molecule has 0 unspecified atom stereocenters. The van der Waals surface area contributed by atoms with Gasteiger partial charge >= 0.3 is 12.4 Å². The van der Waals surface area contributed by atoms with Crippen LogP contribution in [-0.4, -0.2) is 40.4 Å². The van der Waals surface area contributed by atoms with Crippen molar-refractivity contribution in [1.29, 1.82) is 0 Å². The number of pyridine rings is 1. The third kappa shape index (κ3) is 4.36. The predicted octanol–water partition coefficient (Wildman–Crippen LogP) is 5.51. The molecule has 31 heavy (non-hydrogen) atoms. The molecule has 0 bridgehead atoms. The second kappa shape index (κ2) is 8.66. The van der Waals surface area contributed by atoms with Crippen molar-refractivity contribution in [3.05, 3.63) is 64.9 Å². The van der Waals surface area contributed by atoms with E-state index < -0.39 is 42.1 Å². The van der Waals surface area contributed by atoms with Gasteiger partial charge in [0, 0.05) is 25.0 Å². The summed E-state index contributed by atoms with van der Waals surface area (Å²) < 4.78 is 85.8. The minimum atomic E-state index is -5.88. The maximum atomic E-state index is 14.3. The summed E-state index contributed by atoms with van der Waals surface area (Å²) in [5, 5.41) is 1.01. The Morgan fingerprint density at radius 3 is 2.29 bits per heavy atom. The summed E-state index contributed by atoms with van der Waals surface area (Å²) in [4.78, 5) is 16.7. The number of hydrogen-bond acceptors (Lipinski definition) is 3. The molecule has 2 aromatic rings. The fraction of sp³-hybridized carbons (Fsp3) is 0.400. The molecule has 0 saturated carbocycles. The molecule has 4 nitrogen and oxygen atoms in total. The van der Waals surface area contributed by atoms with Crippen LogP contribution in [0.2, 0.25) is 5.02 Å². The van der Waals surface area contributed by atoms with E-state index in [0.717, 1.165) is 6.07 Å². The zero-order chi connectivity index (χ0) is 22.9. The van der Waals surface area contributed by atoms with Crippen LogP contribution in [0.4, 0.5) is 26.3 Å². The van der Waals surface area contributed by atoms with E-state index in [1.165, 1.54) is 48.0 Å². The third-order valence-corrected chi connectivity index (χ3v) is 5.57. The highest BCUT2D eigenvalue weighted by molar-refractivity contribution is 6.33. The second-order valence-electron chi connectivity index (χ2n) is 7.13. The summed E-state index contributed by atoms with van der Waals surface area (Å²) in [6.07, 6.45) is -8.57. The monoisotopic (exact) mass is 465 g/mol. The molecule has 3 rings (SSSR count). The number of amides is 1. The summed E-state index contributed by atoms with van der Waals surface area (Å²) in [5.74, 6) is -1.57. The first-order valence-electron chi connectivity index (χ1n) is 9.36. The molecule has 1 aliphatic heterocycles. The third-order valence-electron chi connectivity index (χ3n) is 5.24. The van der Waals surface area contributed by atoms with Crippen LogP contribution in [0.5, 0.6) is 0 Å². The molecule has 1 atom stereocenters. The van der Waals surface area contributed by atoms with Gasteiger partial charge in [0.2, 0.25) is 0 Å². The molecule has 0 aliphatic carbocycles. The molecule has 1 N–H and O–H groups in total. The smallest absolute Gasteiger partial charge is 0.318 e. The fourth-order valence-corrected chi connectivity index (χ4v) is 4.05. The average molecular weight is 466 g/mol. The predicted molar refractivity (Wildman–Crippen MR) is 101 cm³/mol. The quantitative estimate of drug-likeness (QED) is 0.605. The lowest BCUT2D eigenvalue weighted by Crippen LogP contribution is -2.77. The molecule has 1 aliphatic rings. The maximum absolute atomic E-state index is 14.3. The van der Waals surface area contributed by atoms with E-state index in [-0.39, 0.29) is 28.3 Å². The van der Waals surface area contributed by atoms with Crippen molar-refractivity contribution < 1.29 is 31.1 Å². The Hall–Kier alpha value is -2.33. The van der Waals surface area contributed by atoms with Crippen molar-refractivity contribution >= 4 is 17.5 Å². The Bertz CT molecular complexity index is 905. The Kier molecular flexibility index (Phi) is 6.52. The normalized spacial score (nSPS) is 18.6. The highest BCUT2D eigenvalue weighted by Crippen LogP contribution is 2.50. The van der Waals surface area contributed by atoms with E-state index in [4.69, 9.17) is 11.6 Å². The second-order valence-corrected chi connectivity index (χ2v) is 7.54.